The van der Waals surface area contributed by atoms with E-state index in [9.17, 15) is 0 Å². The molecule has 0 aliphatic carbocycles. The molecule has 7 heteroatoms. The zero-order valence-electron chi connectivity index (χ0n) is 15.5. The second-order valence-corrected chi connectivity index (χ2v) is 7.69. The number of halogens is 2. The summed E-state index contributed by atoms with van der Waals surface area (Å²) in [6, 6.07) is 13.5. The van der Waals surface area contributed by atoms with Gasteiger partial charge in [0.25, 0.3) is 5.95 Å². The SMILES string of the molecule is Cc1cccc(C=C2O[C@@H](C)[C@@](Cn3cncn3)(c3ccc(Cl)cc3Cl)O2)c1. The van der Waals surface area contributed by atoms with Gasteiger partial charge in [0.2, 0.25) is 0 Å². The van der Waals surface area contributed by atoms with Crippen LogP contribution in [0.5, 0.6) is 0 Å². The zero-order chi connectivity index (χ0) is 19.7. The average Bonchev–Trinajstić information content (AvgIpc) is 3.24. The van der Waals surface area contributed by atoms with Crippen molar-refractivity contribution in [2.45, 2.75) is 32.1 Å². The van der Waals surface area contributed by atoms with Gasteiger partial charge in [0.15, 0.2) is 5.60 Å². The van der Waals surface area contributed by atoms with Crippen LogP contribution in [0.15, 0.2) is 61.1 Å². The molecule has 1 aliphatic heterocycles. The van der Waals surface area contributed by atoms with E-state index >= 15 is 0 Å². The van der Waals surface area contributed by atoms with Crippen LogP contribution >= 0.6 is 23.2 Å². The van der Waals surface area contributed by atoms with Crippen LogP contribution in [-0.2, 0) is 21.6 Å². The highest BCUT2D eigenvalue weighted by Crippen LogP contribution is 2.45. The first-order chi connectivity index (χ1) is 13.5. The van der Waals surface area contributed by atoms with Crippen molar-refractivity contribution in [3.63, 3.8) is 0 Å². The quantitative estimate of drug-likeness (QED) is 0.585. The molecular formula is C21H19Cl2N3O2. The normalized spacial score (nSPS) is 22.9. The highest BCUT2D eigenvalue weighted by atomic mass is 35.5. The molecule has 2 aromatic carbocycles. The number of nitrogens with zero attached hydrogens (tertiary/aromatic N) is 3. The number of ether oxygens (including phenoxy) is 2. The van der Waals surface area contributed by atoms with Crippen LogP contribution in [-0.4, -0.2) is 20.9 Å². The minimum Gasteiger partial charge on any atom is -0.458 e. The molecule has 4 rings (SSSR count). The summed E-state index contributed by atoms with van der Waals surface area (Å²) < 4.78 is 14.2. The minimum atomic E-state index is -0.870. The Morgan fingerprint density at radius 3 is 2.79 bits per heavy atom. The molecule has 28 heavy (non-hydrogen) atoms. The van der Waals surface area contributed by atoms with Gasteiger partial charge < -0.3 is 9.47 Å². The Morgan fingerprint density at radius 1 is 1.21 bits per heavy atom. The molecule has 0 amide bonds. The Labute approximate surface area is 173 Å². The van der Waals surface area contributed by atoms with Crippen LogP contribution in [0.3, 0.4) is 0 Å². The van der Waals surface area contributed by atoms with E-state index in [0.717, 1.165) is 16.7 Å². The lowest BCUT2D eigenvalue weighted by Crippen LogP contribution is -2.40. The summed E-state index contributed by atoms with van der Waals surface area (Å²) in [5.41, 5.74) is 2.08. The molecule has 5 nitrogen and oxygen atoms in total. The summed E-state index contributed by atoms with van der Waals surface area (Å²) in [6.45, 7) is 4.39. The van der Waals surface area contributed by atoms with Gasteiger partial charge in [0.1, 0.15) is 18.8 Å². The Hall–Kier alpha value is -2.50. The van der Waals surface area contributed by atoms with Gasteiger partial charge in [-0.3, -0.25) is 0 Å². The molecule has 1 saturated heterocycles. The maximum atomic E-state index is 6.55. The molecule has 1 aliphatic rings. The molecule has 0 bridgehead atoms. The van der Waals surface area contributed by atoms with E-state index in [4.69, 9.17) is 32.7 Å². The van der Waals surface area contributed by atoms with Gasteiger partial charge in [0.05, 0.1) is 6.54 Å². The van der Waals surface area contributed by atoms with Gasteiger partial charge in [-0.25, -0.2) is 9.67 Å². The highest BCUT2D eigenvalue weighted by molar-refractivity contribution is 6.35. The molecule has 0 saturated carbocycles. The van der Waals surface area contributed by atoms with Crippen molar-refractivity contribution in [2.24, 2.45) is 0 Å². The Balaban J connectivity index is 1.77. The minimum absolute atomic E-state index is 0.313. The summed E-state index contributed by atoms with van der Waals surface area (Å²) >= 11 is 12.7. The maximum absolute atomic E-state index is 6.55. The largest absolute Gasteiger partial charge is 0.458 e. The van der Waals surface area contributed by atoms with Crippen molar-refractivity contribution in [3.05, 3.63) is 87.8 Å². The number of aryl methyl sites for hydroxylation is 1. The van der Waals surface area contributed by atoms with Crippen LogP contribution in [0.25, 0.3) is 6.08 Å². The van der Waals surface area contributed by atoms with E-state index in [1.165, 1.54) is 6.33 Å². The number of hydrogen-bond acceptors (Lipinski definition) is 4. The lowest BCUT2D eigenvalue weighted by Gasteiger charge is -2.30. The molecule has 2 atom stereocenters. The predicted molar refractivity (Wildman–Crippen MR) is 109 cm³/mol. The molecule has 1 fully saturated rings. The fraction of sp³-hybridized carbons (Fsp3) is 0.238. The number of rotatable bonds is 4. The molecule has 0 unspecified atom stereocenters. The lowest BCUT2D eigenvalue weighted by molar-refractivity contribution is 0.00541. The molecule has 0 spiro atoms. The third-order valence-corrected chi connectivity index (χ3v) is 5.36. The first kappa shape index (κ1) is 18.8. The number of hydrogen-bond donors (Lipinski definition) is 0. The van der Waals surface area contributed by atoms with Crippen LogP contribution < -0.4 is 0 Å². The van der Waals surface area contributed by atoms with Crippen molar-refractivity contribution in [2.75, 3.05) is 0 Å². The molecular weight excluding hydrogens is 397 g/mol. The van der Waals surface area contributed by atoms with Gasteiger partial charge in [-0.2, -0.15) is 5.10 Å². The van der Waals surface area contributed by atoms with Gasteiger partial charge >= 0.3 is 0 Å². The first-order valence-corrected chi connectivity index (χ1v) is 9.64. The fourth-order valence-corrected chi connectivity index (χ4v) is 3.99. The van der Waals surface area contributed by atoms with Crippen LogP contribution in [0.1, 0.15) is 23.6 Å². The lowest BCUT2D eigenvalue weighted by atomic mass is 9.88. The van der Waals surface area contributed by atoms with E-state index in [2.05, 4.69) is 16.1 Å². The monoisotopic (exact) mass is 415 g/mol. The summed E-state index contributed by atoms with van der Waals surface area (Å²) in [6.07, 6.45) is 4.70. The molecule has 0 N–H and O–H groups in total. The molecule has 2 heterocycles. The van der Waals surface area contributed by atoms with E-state index in [1.807, 2.05) is 44.2 Å². The van der Waals surface area contributed by atoms with Gasteiger partial charge in [-0.1, -0.05) is 59.1 Å². The topological polar surface area (TPSA) is 49.2 Å². The third-order valence-electron chi connectivity index (χ3n) is 4.81. The fourth-order valence-electron chi connectivity index (χ4n) is 3.42. The molecule has 144 valence electrons. The summed E-state index contributed by atoms with van der Waals surface area (Å²) in [7, 11) is 0. The standard InChI is InChI=1S/C21H19Cl2N3O2/c1-14-4-3-5-16(8-14)9-20-27-15(2)21(28-20,11-26-13-24-12-25-26)18-7-6-17(22)10-19(18)23/h3-10,12-13,15H,11H2,1-2H3/t15-,21-/m0/s1. The van der Waals surface area contributed by atoms with E-state index in [0.29, 0.717) is 22.5 Å². The number of benzene rings is 2. The van der Waals surface area contributed by atoms with Crippen LogP contribution in [0, 0.1) is 6.92 Å². The van der Waals surface area contributed by atoms with Gasteiger partial charge in [-0.15, -0.1) is 0 Å². The molecule has 0 radical (unpaired) electrons. The highest BCUT2D eigenvalue weighted by Gasteiger charge is 2.50. The maximum Gasteiger partial charge on any atom is 0.281 e. The van der Waals surface area contributed by atoms with Crippen molar-refractivity contribution < 1.29 is 9.47 Å². The molecule has 3 aromatic rings. The van der Waals surface area contributed by atoms with Crippen LogP contribution in [0.2, 0.25) is 10.0 Å². The van der Waals surface area contributed by atoms with Gasteiger partial charge in [-0.05, 0) is 31.5 Å². The Kier molecular flexibility index (Phi) is 5.04. The van der Waals surface area contributed by atoms with Crippen molar-refractivity contribution in [1.82, 2.24) is 14.8 Å². The predicted octanol–water partition coefficient (Wildman–Crippen LogP) is 5.22. The van der Waals surface area contributed by atoms with E-state index in [-0.39, 0.29) is 6.10 Å². The third kappa shape index (κ3) is 3.60. The summed E-state index contributed by atoms with van der Waals surface area (Å²) in [5.74, 6) is 0.434. The second kappa shape index (κ2) is 7.49. The first-order valence-electron chi connectivity index (χ1n) is 8.88. The Bertz CT molecular complexity index is 1020. The van der Waals surface area contributed by atoms with Crippen molar-refractivity contribution in [3.8, 4) is 0 Å². The number of aromatic nitrogens is 3. The smallest absolute Gasteiger partial charge is 0.281 e. The molecule has 1 aromatic heterocycles. The zero-order valence-corrected chi connectivity index (χ0v) is 17.0. The van der Waals surface area contributed by atoms with E-state index in [1.54, 1.807) is 23.1 Å². The van der Waals surface area contributed by atoms with Crippen molar-refractivity contribution in [1.29, 1.82) is 0 Å². The van der Waals surface area contributed by atoms with Gasteiger partial charge in [0, 0.05) is 21.7 Å². The van der Waals surface area contributed by atoms with Crippen molar-refractivity contribution >= 4 is 29.3 Å². The summed E-state index contributed by atoms with van der Waals surface area (Å²) in [5, 5.41) is 5.31. The van der Waals surface area contributed by atoms with E-state index < -0.39 is 5.60 Å². The van der Waals surface area contributed by atoms with Crippen LogP contribution in [0.4, 0.5) is 0 Å². The summed E-state index contributed by atoms with van der Waals surface area (Å²) in [4.78, 5) is 4.03. The Morgan fingerprint density at radius 2 is 2.07 bits per heavy atom. The average molecular weight is 416 g/mol. The second-order valence-electron chi connectivity index (χ2n) is 6.85.